The van der Waals surface area contributed by atoms with Gasteiger partial charge in [-0.3, -0.25) is 29.4 Å². The van der Waals surface area contributed by atoms with Gasteiger partial charge in [0.25, 0.3) is 5.69 Å². The Morgan fingerprint density at radius 1 is 0.787 bits per heavy atom. The molecule has 0 radical (unpaired) electrons. The quantitative estimate of drug-likeness (QED) is 0.0386. The van der Waals surface area contributed by atoms with Crippen LogP contribution in [0.15, 0.2) is 140 Å². The number of nitro groups is 1. The number of esters is 1. The zero-order valence-electron chi connectivity index (χ0n) is 44.3. The molecule has 17 heteroatoms. The van der Waals surface area contributed by atoms with Gasteiger partial charge < -0.3 is 38.8 Å². The number of carbonyl (C=O) groups is 4. The van der Waals surface area contributed by atoms with Crippen LogP contribution in [0.1, 0.15) is 101 Å². The molecule has 0 aromatic heterocycles. The van der Waals surface area contributed by atoms with E-state index < -0.39 is 76.6 Å². The summed E-state index contributed by atoms with van der Waals surface area (Å²) >= 11 is 0. The third-order valence-electron chi connectivity index (χ3n) is 16.4. The maximum absolute atomic E-state index is 17.1. The van der Waals surface area contributed by atoms with Crippen molar-refractivity contribution in [3.63, 3.8) is 0 Å². The highest BCUT2D eigenvalue weighted by Gasteiger charge is 2.76. The van der Waals surface area contributed by atoms with E-state index in [1.165, 1.54) is 31.4 Å². The molecule has 410 valence electrons. The molecular weight excluding hydrogens is 1020 g/mol. The lowest BCUT2D eigenvalue weighted by molar-refractivity contribution is -0.384. The fraction of sp³-hybridized carbons (Fsp3) is 0.333. The number of para-hydroxylation sites is 1. The predicted octanol–water partition coefficient (Wildman–Crippen LogP) is 9.01. The van der Waals surface area contributed by atoms with Crippen molar-refractivity contribution in [3.05, 3.63) is 194 Å². The van der Waals surface area contributed by atoms with Crippen molar-refractivity contribution in [1.29, 1.82) is 0 Å². The van der Waals surface area contributed by atoms with E-state index in [-0.39, 0.29) is 49.0 Å². The van der Waals surface area contributed by atoms with Crippen LogP contribution in [0.2, 0.25) is 0 Å². The first-order chi connectivity index (χ1) is 38.9. The van der Waals surface area contributed by atoms with Crippen LogP contribution in [0.3, 0.4) is 0 Å². The first-order valence-electron chi connectivity index (χ1n) is 27.0. The number of nitro benzene ring substituents is 1. The molecule has 2 saturated heterocycles. The van der Waals surface area contributed by atoms with Gasteiger partial charge in [-0.2, -0.15) is 0 Å². The van der Waals surface area contributed by atoms with Crippen LogP contribution >= 0.6 is 0 Å². The standard InChI is InChI=1S/C63H60N4O13/c1-76-51-36-44-28-32-64(38-45(44)37-52(51)77-2)58(69)53-55-59(70)80-56(43-17-9-6-10-18-43)54(42-15-7-5-8-16-42)66(55)57(47-19-11-12-20-50(47)78-34-33-68)63(53)48-35-40(27-31-62(73)29-13-3-4-14-30-62)23-26-49(48)65(60(63)71)61(72)79-39-41-21-24-46(25-22-41)67(74)75/h5-12,15-26,35-37,53-57,68,73H,3-4,13-14,28-30,32-34,38-39H2,1-2H3/t53-,54-,55-,56+,57+,63-/m0/s1. The van der Waals surface area contributed by atoms with Gasteiger partial charge in [-0.1, -0.05) is 104 Å². The molecule has 6 atom stereocenters. The first kappa shape index (κ1) is 53.4. The summed E-state index contributed by atoms with van der Waals surface area (Å²) in [5.74, 6) is 3.71. The van der Waals surface area contributed by atoms with Gasteiger partial charge in [0.05, 0.1) is 49.4 Å². The second-order valence-corrected chi connectivity index (χ2v) is 20.9. The molecule has 6 aromatic rings. The number of nitrogens with zero attached hydrogens (tertiary/aromatic N) is 4. The summed E-state index contributed by atoms with van der Waals surface area (Å²) in [6.07, 6.45) is 2.67. The van der Waals surface area contributed by atoms with E-state index in [0.717, 1.165) is 41.7 Å². The highest BCUT2D eigenvalue weighted by molar-refractivity contribution is 6.23. The molecule has 6 aromatic carbocycles. The minimum Gasteiger partial charge on any atom is -0.493 e. The molecule has 1 aliphatic carbocycles. The Morgan fingerprint density at radius 2 is 1.45 bits per heavy atom. The van der Waals surface area contributed by atoms with E-state index in [2.05, 4.69) is 11.8 Å². The van der Waals surface area contributed by atoms with Crippen LogP contribution in [0.5, 0.6) is 17.2 Å². The topological polar surface area (TPSA) is 208 Å². The molecule has 4 heterocycles. The monoisotopic (exact) mass is 1080 g/mol. The Labute approximate surface area is 462 Å². The number of ether oxygens (including phenoxy) is 5. The summed E-state index contributed by atoms with van der Waals surface area (Å²) in [4.78, 5) is 80.4. The van der Waals surface area contributed by atoms with Crippen molar-refractivity contribution in [2.45, 2.75) is 93.3 Å². The average Bonchev–Trinajstić information content (AvgIpc) is 3.37. The molecular formula is C63H60N4O13. The molecule has 0 unspecified atom stereocenters. The molecule has 17 nitrogen and oxygen atoms in total. The zero-order chi connectivity index (χ0) is 55.7. The summed E-state index contributed by atoms with van der Waals surface area (Å²) in [6, 6.07) is 36.0. The van der Waals surface area contributed by atoms with Gasteiger partial charge in [-0.25, -0.2) is 9.69 Å². The lowest BCUT2D eigenvalue weighted by Gasteiger charge is -2.46. The average molecular weight is 1080 g/mol. The van der Waals surface area contributed by atoms with Crippen LogP contribution < -0.4 is 19.1 Å². The van der Waals surface area contributed by atoms with Gasteiger partial charge in [-0.15, -0.1) is 0 Å². The third kappa shape index (κ3) is 9.56. The number of non-ortho nitro benzene ring substituents is 1. The second-order valence-electron chi connectivity index (χ2n) is 20.9. The number of methoxy groups -OCH3 is 2. The van der Waals surface area contributed by atoms with Crippen LogP contribution in [0.25, 0.3) is 0 Å². The fourth-order valence-corrected chi connectivity index (χ4v) is 12.7. The fourth-order valence-electron chi connectivity index (χ4n) is 12.7. The van der Waals surface area contributed by atoms with Crippen molar-refractivity contribution in [3.8, 4) is 29.1 Å². The Morgan fingerprint density at radius 3 is 2.12 bits per heavy atom. The lowest BCUT2D eigenvalue weighted by atomic mass is 9.64. The smallest absolute Gasteiger partial charge is 0.421 e. The number of amides is 3. The van der Waals surface area contributed by atoms with Crippen LogP contribution in [0.4, 0.5) is 16.2 Å². The van der Waals surface area contributed by atoms with E-state index >= 15 is 19.2 Å². The number of carbonyl (C=O) groups excluding carboxylic acids is 4. The Kier molecular flexibility index (Phi) is 14.9. The molecule has 1 saturated carbocycles. The predicted molar refractivity (Wildman–Crippen MR) is 292 cm³/mol. The van der Waals surface area contributed by atoms with Crippen molar-refractivity contribution in [2.24, 2.45) is 5.92 Å². The number of hydrogen-bond donors (Lipinski definition) is 2. The van der Waals surface area contributed by atoms with Crippen molar-refractivity contribution in [1.82, 2.24) is 9.80 Å². The molecule has 5 aliphatic rings. The molecule has 1 spiro atoms. The van der Waals surface area contributed by atoms with Crippen molar-refractivity contribution >= 4 is 35.3 Å². The highest BCUT2D eigenvalue weighted by atomic mass is 16.6. The Hall–Kier alpha value is -8.56. The van der Waals surface area contributed by atoms with E-state index in [4.69, 9.17) is 23.7 Å². The van der Waals surface area contributed by atoms with Crippen molar-refractivity contribution < 1.29 is 58.0 Å². The highest BCUT2D eigenvalue weighted by Crippen LogP contribution is 2.67. The minimum absolute atomic E-state index is 0.0463. The van der Waals surface area contributed by atoms with Gasteiger partial charge in [-0.05, 0) is 114 Å². The molecule has 11 rings (SSSR count). The number of benzene rings is 6. The van der Waals surface area contributed by atoms with Gasteiger partial charge in [0, 0.05) is 36.3 Å². The largest absolute Gasteiger partial charge is 0.493 e. The Balaban J connectivity index is 1.18. The van der Waals surface area contributed by atoms with Gasteiger partial charge in [0.1, 0.15) is 42.1 Å². The van der Waals surface area contributed by atoms with E-state index in [1.54, 1.807) is 54.5 Å². The maximum atomic E-state index is 17.1. The van der Waals surface area contributed by atoms with Gasteiger partial charge >= 0.3 is 12.1 Å². The van der Waals surface area contributed by atoms with E-state index in [0.29, 0.717) is 58.6 Å². The minimum atomic E-state index is -2.23. The van der Waals surface area contributed by atoms with E-state index in [1.807, 2.05) is 77.7 Å². The number of hydrogen-bond acceptors (Lipinski definition) is 14. The maximum Gasteiger partial charge on any atom is 0.421 e. The summed E-state index contributed by atoms with van der Waals surface area (Å²) in [5, 5.41) is 33.7. The van der Waals surface area contributed by atoms with Crippen LogP contribution in [-0.4, -0.2) is 94.4 Å². The third-order valence-corrected chi connectivity index (χ3v) is 16.4. The van der Waals surface area contributed by atoms with Crippen LogP contribution in [0, 0.1) is 27.9 Å². The number of aliphatic hydroxyl groups excluding tert-OH is 1. The SMILES string of the molecule is COc1cc2c(cc1OC)CN(C(=O)[C@@H]1[C@H]3C(=O)O[C@H](c4ccccc4)[C@H](c4ccccc4)N3[C@H](c3ccccc3OCCO)[C@@]13C(=O)N(C(=O)OCc1ccc([N+](=O)[O-])cc1)c1ccc(C#CC4(O)CCCCCC4)cc13)CC2. The van der Waals surface area contributed by atoms with E-state index in [9.17, 15) is 20.3 Å². The first-order valence-corrected chi connectivity index (χ1v) is 27.0. The molecule has 3 amide bonds. The zero-order valence-corrected chi connectivity index (χ0v) is 44.3. The second kappa shape index (κ2) is 22.3. The molecule has 0 bridgehead atoms. The van der Waals surface area contributed by atoms with Crippen LogP contribution in [-0.2, 0) is 48.8 Å². The number of morpholine rings is 1. The van der Waals surface area contributed by atoms with Crippen molar-refractivity contribution in [2.75, 3.05) is 38.9 Å². The molecule has 3 fully saturated rings. The lowest BCUT2D eigenvalue weighted by Crippen LogP contribution is -2.57. The Bertz CT molecular complexity index is 3410. The summed E-state index contributed by atoms with van der Waals surface area (Å²) in [5.41, 5.74) is 0.677. The number of fused-ring (bicyclic) bond motifs is 4. The summed E-state index contributed by atoms with van der Waals surface area (Å²) in [6.45, 7) is -0.715. The normalized spacial score (nSPS) is 22.9. The summed E-state index contributed by atoms with van der Waals surface area (Å²) < 4.78 is 30.5. The number of anilines is 1. The summed E-state index contributed by atoms with van der Waals surface area (Å²) in [7, 11) is 3.07. The number of aliphatic hydroxyl groups is 2. The number of rotatable bonds is 12. The molecule has 80 heavy (non-hydrogen) atoms. The molecule has 4 aliphatic heterocycles. The number of imide groups is 1. The molecule has 2 N–H and O–H groups in total. The number of cyclic esters (lactones) is 1. The van der Waals surface area contributed by atoms with Gasteiger partial charge in [0.15, 0.2) is 11.5 Å². The van der Waals surface area contributed by atoms with Gasteiger partial charge in [0.2, 0.25) is 11.8 Å².